The summed E-state index contributed by atoms with van der Waals surface area (Å²) >= 11 is 0. The van der Waals surface area contributed by atoms with Gasteiger partial charge in [0, 0.05) is 38.1 Å². The van der Waals surface area contributed by atoms with Crippen LogP contribution in [0.1, 0.15) is 24.8 Å². The topological polar surface area (TPSA) is 50.2 Å². The first-order chi connectivity index (χ1) is 11.3. The van der Waals surface area contributed by atoms with Gasteiger partial charge in [-0.15, -0.1) is 0 Å². The number of aromatic nitrogens is 2. The molecule has 1 fully saturated rings. The molecule has 2 aromatic rings. The maximum absolute atomic E-state index is 12.5. The molecule has 23 heavy (non-hydrogen) atoms. The Morgan fingerprint density at radius 3 is 2.91 bits per heavy atom. The Bertz CT molecular complexity index is 597. The number of nitrogens with zero attached hydrogens (tertiary/aromatic N) is 3. The van der Waals surface area contributed by atoms with Crippen molar-refractivity contribution in [1.82, 2.24) is 19.8 Å². The lowest BCUT2D eigenvalue weighted by Crippen LogP contribution is -2.50. The maximum Gasteiger partial charge on any atom is 0.317 e. The van der Waals surface area contributed by atoms with Crippen LogP contribution in [0.25, 0.3) is 0 Å². The van der Waals surface area contributed by atoms with Crippen LogP contribution >= 0.6 is 0 Å². The van der Waals surface area contributed by atoms with Gasteiger partial charge >= 0.3 is 6.03 Å². The molecule has 1 N–H and O–H groups in total. The van der Waals surface area contributed by atoms with Gasteiger partial charge in [-0.1, -0.05) is 30.3 Å². The average molecular weight is 312 g/mol. The molecule has 0 aliphatic carbocycles. The molecule has 1 aliphatic rings. The smallest absolute Gasteiger partial charge is 0.317 e. The fourth-order valence-electron chi connectivity index (χ4n) is 3.18. The fourth-order valence-corrected chi connectivity index (χ4v) is 3.18. The Balaban J connectivity index is 1.53. The standard InChI is InChI=1S/C18H24N4O/c23-18(20-10-13-21-12-9-19-15-21)22-11-5-4-8-17(22)14-16-6-2-1-3-7-16/h1-3,6-7,9,12,15,17H,4-5,8,10-11,13-14H2,(H,20,23)/t17-/m0/s1. The zero-order chi connectivity index (χ0) is 15.9. The lowest BCUT2D eigenvalue weighted by Gasteiger charge is -2.36. The molecule has 2 heterocycles. The van der Waals surface area contributed by atoms with Crippen molar-refractivity contribution in [2.45, 2.75) is 38.3 Å². The first kappa shape index (κ1) is 15.6. The van der Waals surface area contributed by atoms with Crippen molar-refractivity contribution in [1.29, 1.82) is 0 Å². The summed E-state index contributed by atoms with van der Waals surface area (Å²) in [6, 6.07) is 10.8. The van der Waals surface area contributed by atoms with Gasteiger partial charge in [0.15, 0.2) is 0 Å². The molecule has 1 aromatic heterocycles. The Morgan fingerprint density at radius 2 is 2.13 bits per heavy atom. The van der Waals surface area contributed by atoms with Crippen LogP contribution in [0.15, 0.2) is 49.1 Å². The minimum Gasteiger partial charge on any atom is -0.336 e. The molecule has 1 aliphatic heterocycles. The number of hydrogen-bond donors (Lipinski definition) is 1. The first-order valence-corrected chi connectivity index (χ1v) is 8.37. The summed E-state index contributed by atoms with van der Waals surface area (Å²) in [5.74, 6) is 0. The van der Waals surface area contributed by atoms with Crippen LogP contribution in [0.3, 0.4) is 0 Å². The third-order valence-corrected chi connectivity index (χ3v) is 4.41. The van der Waals surface area contributed by atoms with E-state index in [0.717, 1.165) is 32.4 Å². The summed E-state index contributed by atoms with van der Waals surface area (Å²) in [6.07, 6.45) is 9.76. The SMILES string of the molecule is O=C(NCCn1ccnc1)N1CCCC[C@H]1Cc1ccccc1. The van der Waals surface area contributed by atoms with Gasteiger partial charge in [0.2, 0.25) is 0 Å². The van der Waals surface area contributed by atoms with Crippen LogP contribution in [0.2, 0.25) is 0 Å². The molecule has 1 saturated heterocycles. The van der Waals surface area contributed by atoms with Crippen molar-refractivity contribution < 1.29 is 4.79 Å². The quantitative estimate of drug-likeness (QED) is 0.923. The monoisotopic (exact) mass is 312 g/mol. The average Bonchev–Trinajstić information content (AvgIpc) is 3.09. The highest BCUT2D eigenvalue weighted by Gasteiger charge is 2.26. The van der Waals surface area contributed by atoms with Crippen molar-refractivity contribution in [3.8, 4) is 0 Å². The van der Waals surface area contributed by atoms with E-state index in [2.05, 4.69) is 34.6 Å². The number of hydrogen-bond acceptors (Lipinski definition) is 2. The largest absolute Gasteiger partial charge is 0.336 e. The summed E-state index contributed by atoms with van der Waals surface area (Å²) in [7, 11) is 0. The van der Waals surface area contributed by atoms with Crippen LogP contribution in [0, 0.1) is 0 Å². The number of piperidine rings is 1. The van der Waals surface area contributed by atoms with Crippen molar-refractivity contribution in [3.63, 3.8) is 0 Å². The van der Waals surface area contributed by atoms with E-state index in [1.165, 1.54) is 12.0 Å². The van der Waals surface area contributed by atoms with E-state index in [4.69, 9.17) is 0 Å². The number of carbonyl (C=O) groups excluding carboxylic acids is 1. The third-order valence-electron chi connectivity index (χ3n) is 4.41. The minimum atomic E-state index is 0.0609. The number of rotatable bonds is 5. The highest BCUT2D eigenvalue weighted by molar-refractivity contribution is 5.74. The van der Waals surface area contributed by atoms with E-state index < -0.39 is 0 Å². The number of likely N-dealkylation sites (tertiary alicyclic amines) is 1. The van der Waals surface area contributed by atoms with E-state index in [-0.39, 0.29) is 6.03 Å². The van der Waals surface area contributed by atoms with Crippen LogP contribution < -0.4 is 5.32 Å². The number of nitrogens with one attached hydrogen (secondary N) is 1. The van der Waals surface area contributed by atoms with E-state index in [1.807, 2.05) is 21.7 Å². The molecule has 3 rings (SSSR count). The van der Waals surface area contributed by atoms with Crippen molar-refractivity contribution >= 4 is 6.03 Å². The molecule has 5 heteroatoms. The van der Waals surface area contributed by atoms with Crippen molar-refractivity contribution in [3.05, 3.63) is 54.6 Å². The van der Waals surface area contributed by atoms with E-state index >= 15 is 0 Å². The summed E-state index contributed by atoms with van der Waals surface area (Å²) in [5, 5.41) is 3.04. The maximum atomic E-state index is 12.5. The number of benzene rings is 1. The van der Waals surface area contributed by atoms with Gasteiger partial charge in [-0.05, 0) is 31.2 Å². The molecule has 2 amide bonds. The normalized spacial score (nSPS) is 17.9. The molecule has 0 spiro atoms. The number of urea groups is 1. The van der Waals surface area contributed by atoms with Crippen molar-refractivity contribution in [2.75, 3.05) is 13.1 Å². The molecule has 5 nitrogen and oxygen atoms in total. The van der Waals surface area contributed by atoms with Gasteiger partial charge in [-0.3, -0.25) is 0 Å². The van der Waals surface area contributed by atoms with Crippen LogP contribution in [-0.2, 0) is 13.0 Å². The molecule has 1 aromatic carbocycles. The Morgan fingerprint density at radius 1 is 1.26 bits per heavy atom. The highest BCUT2D eigenvalue weighted by Crippen LogP contribution is 2.20. The first-order valence-electron chi connectivity index (χ1n) is 8.37. The van der Waals surface area contributed by atoms with Gasteiger partial charge in [0.1, 0.15) is 0 Å². The predicted octanol–water partition coefficient (Wildman–Crippen LogP) is 2.69. The molecule has 1 atom stereocenters. The zero-order valence-electron chi connectivity index (χ0n) is 13.4. The molecule has 0 unspecified atom stereocenters. The lowest BCUT2D eigenvalue weighted by atomic mass is 9.96. The fraction of sp³-hybridized carbons (Fsp3) is 0.444. The molecular formula is C18H24N4O. The van der Waals surface area contributed by atoms with E-state index in [0.29, 0.717) is 12.6 Å². The molecule has 122 valence electrons. The van der Waals surface area contributed by atoms with E-state index in [1.54, 1.807) is 12.5 Å². The third kappa shape index (κ3) is 4.34. The summed E-state index contributed by atoms with van der Waals surface area (Å²) < 4.78 is 1.97. The van der Waals surface area contributed by atoms with Gasteiger partial charge in [-0.2, -0.15) is 0 Å². The Hall–Kier alpha value is -2.30. The van der Waals surface area contributed by atoms with Gasteiger partial charge in [0.05, 0.1) is 6.33 Å². The second-order valence-corrected chi connectivity index (χ2v) is 6.07. The molecular weight excluding hydrogens is 288 g/mol. The van der Waals surface area contributed by atoms with Crippen LogP contribution in [0.4, 0.5) is 4.79 Å². The summed E-state index contributed by atoms with van der Waals surface area (Å²) in [4.78, 5) is 18.5. The van der Waals surface area contributed by atoms with Crippen LogP contribution in [0.5, 0.6) is 0 Å². The second-order valence-electron chi connectivity index (χ2n) is 6.07. The Kier molecular flexibility index (Phi) is 5.29. The number of amides is 2. The summed E-state index contributed by atoms with van der Waals surface area (Å²) in [5.41, 5.74) is 1.30. The number of imidazole rings is 1. The van der Waals surface area contributed by atoms with Gasteiger partial charge in [-0.25, -0.2) is 9.78 Å². The molecule has 0 bridgehead atoms. The Labute approximate surface area is 137 Å². The number of carbonyl (C=O) groups is 1. The van der Waals surface area contributed by atoms with Crippen molar-refractivity contribution in [2.24, 2.45) is 0 Å². The zero-order valence-corrected chi connectivity index (χ0v) is 13.4. The van der Waals surface area contributed by atoms with E-state index in [9.17, 15) is 4.79 Å². The molecule has 0 saturated carbocycles. The van der Waals surface area contributed by atoms with Gasteiger partial charge < -0.3 is 14.8 Å². The lowest BCUT2D eigenvalue weighted by molar-refractivity contribution is 0.150. The summed E-state index contributed by atoms with van der Waals surface area (Å²) in [6.45, 7) is 2.24. The predicted molar refractivity (Wildman–Crippen MR) is 90.1 cm³/mol. The molecule has 0 radical (unpaired) electrons. The minimum absolute atomic E-state index is 0.0609. The van der Waals surface area contributed by atoms with Crippen LogP contribution in [-0.4, -0.2) is 39.6 Å². The second kappa shape index (κ2) is 7.81. The highest BCUT2D eigenvalue weighted by atomic mass is 16.2. The van der Waals surface area contributed by atoms with Gasteiger partial charge in [0.25, 0.3) is 0 Å².